The summed E-state index contributed by atoms with van der Waals surface area (Å²) in [5.74, 6) is -0.377. The standard InChI is InChI=1S/C15H21ClN2O2/c1-9-3-4-12(15(17)20)8-18(9)14-6-5-11(10(2)19)7-13(14)16/h5-7,9-10,12,19H,3-4,8H2,1-2H3,(H2,17,20)/t9?,10-,12?/m1/s1. The van der Waals surface area contributed by atoms with Gasteiger partial charge in [-0.1, -0.05) is 17.7 Å². The first-order valence-electron chi connectivity index (χ1n) is 6.93. The molecule has 1 aromatic carbocycles. The second-order valence-electron chi connectivity index (χ2n) is 5.56. The molecule has 1 saturated heterocycles. The second-order valence-corrected chi connectivity index (χ2v) is 5.97. The Kier molecular flexibility index (Phi) is 4.55. The fourth-order valence-electron chi connectivity index (χ4n) is 2.69. The van der Waals surface area contributed by atoms with Gasteiger partial charge in [-0.05, 0) is 44.4 Å². The number of amides is 1. The highest BCUT2D eigenvalue weighted by Crippen LogP contribution is 2.34. The Labute approximate surface area is 124 Å². The molecule has 4 nitrogen and oxygen atoms in total. The molecule has 2 unspecified atom stereocenters. The molecule has 1 fully saturated rings. The van der Waals surface area contributed by atoms with E-state index in [2.05, 4.69) is 11.8 Å². The average Bonchev–Trinajstić information content (AvgIpc) is 2.39. The van der Waals surface area contributed by atoms with E-state index >= 15 is 0 Å². The molecule has 0 aliphatic carbocycles. The van der Waals surface area contributed by atoms with Crippen LogP contribution in [0.4, 0.5) is 5.69 Å². The Bertz CT molecular complexity index is 505. The molecule has 2 rings (SSSR count). The second kappa shape index (κ2) is 6.02. The van der Waals surface area contributed by atoms with E-state index in [0.717, 1.165) is 24.1 Å². The molecule has 3 atom stereocenters. The van der Waals surface area contributed by atoms with Gasteiger partial charge < -0.3 is 15.7 Å². The van der Waals surface area contributed by atoms with Crippen LogP contribution in [0.15, 0.2) is 18.2 Å². The molecular formula is C15H21ClN2O2. The van der Waals surface area contributed by atoms with E-state index in [1.165, 1.54) is 0 Å². The van der Waals surface area contributed by atoms with Crippen molar-refractivity contribution in [3.05, 3.63) is 28.8 Å². The molecule has 0 spiro atoms. The van der Waals surface area contributed by atoms with E-state index in [-0.39, 0.29) is 11.8 Å². The van der Waals surface area contributed by atoms with E-state index in [9.17, 15) is 9.90 Å². The maximum atomic E-state index is 11.4. The lowest BCUT2D eigenvalue weighted by Crippen LogP contribution is -2.46. The van der Waals surface area contributed by atoms with E-state index in [0.29, 0.717) is 17.6 Å². The Morgan fingerprint density at radius 2 is 2.20 bits per heavy atom. The van der Waals surface area contributed by atoms with Gasteiger partial charge in [0, 0.05) is 12.6 Å². The minimum Gasteiger partial charge on any atom is -0.389 e. The minimum absolute atomic E-state index is 0.126. The van der Waals surface area contributed by atoms with Crippen LogP contribution < -0.4 is 10.6 Å². The number of primary amides is 1. The summed E-state index contributed by atoms with van der Waals surface area (Å²) in [7, 11) is 0. The number of carbonyl (C=O) groups excluding carboxylic acids is 1. The Morgan fingerprint density at radius 3 is 2.75 bits per heavy atom. The third kappa shape index (κ3) is 3.07. The van der Waals surface area contributed by atoms with Crippen LogP contribution in [0.25, 0.3) is 0 Å². The molecule has 5 heteroatoms. The van der Waals surface area contributed by atoms with Crippen molar-refractivity contribution in [2.75, 3.05) is 11.4 Å². The van der Waals surface area contributed by atoms with Crippen molar-refractivity contribution >= 4 is 23.2 Å². The summed E-state index contributed by atoms with van der Waals surface area (Å²) in [6, 6.07) is 5.87. The van der Waals surface area contributed by atoms with Crippen LogP contribution in [-0.4, -0.2) is 23.6 Å². The van der Waals surface area contributed by atoms with Crippen LogP contribution in [0.2, 0.25) is 5.02 Å². The number of anilines is 1. The van der Waals surface area contributed by atoms with Crippen molar-refractivity contribution in [1.29, 1.82) is 0 Å². The molecular weight excluding hydrogens is 276 g/mol. The van der Waals surface area contributed by atoms with Crippen molar-refractivity contribution in [3.8, 4) is 0 Å². The lowest BCUT2D eigenvalue weighted by atomic mass is 9.92. The molecule has 1 amide bonds. The number of hydrogen-bond acceptors (Lipinski definition) is 3. The summed E-state index contributed by atoms with van der Waals surface area (Å²) in [4.78, 5) is 13.5. The van der Waals surface area contributed by atoms with Crippen LogP contribution >= 0.6 is 11.6 Å². The maximum Gasteiger partial charge on any atom is 0.222 e. The van der Waals surface area contributed by atoms with Crippen LogP contribution in [-0.2, 0) is 4.79 Å². The van der Waals surface area contributed by atoms with Gasteiger partial charge in [0.05, 0.1) is 22.7 Å². The summed E-state index contributed by atoms with van der Waals surface area (Å²) >= 11 is 6.33. The van der Waals surface area contributed by atoms with Crippen molar-refractivity contribution in [2.24, 2.45) is 11.7 Å². The average molecular weight is 297 g/mol. The zero-order valence-corrected chi connectivity index (χ0v) is 12.6. The minimum atomic E-state index is -0.543. The first kappa shape index (κ1) is 15.1. The number of carbonyl (C=O) groups is 1. The smallest absolute Gasteiger partial charge is 0.222 e. The lowest BCUT2D eigenvalue weighted by molar-refractivity contribution is -0.122. The first-order chi connectivity index (χ1) is 9.40. The summed E-state index contributed by atoms with van der Waals surface area (Å²) in [5, 5.41) is 10.2. The predicted octanol–water partition coefficient (Wildman–Crippen LogP) is 2.48. The zero-order valence-electron chi connectivity index (χ0n) is 11.8. The summed E-state index contributed by atoms with van der Waals surface area (Å²) in [5.41, 5.74) is 7.11. The molecule has 0 aromatic heterocycles. The molecule has 0 radical (unpaired) electrons. The van der Waals surface area contributed by atoms with Gasteiger partial charge in [-0.25, -0.2) is 0 Å². The van der Waals surface area contributed by atoms with Crippen molar-refractivity contribution < 1.29 is 9.90 Å². The van der Waals surface area contributed by atoms with E-state index in [1.807, 2.05) is 12.1 Å². The monoisotopic (exact) mass is 296 g/mol. The SMILES string of the molecule is CC1CCC(C(N)=O)CN1c1ccc([C@@H](C)O)cc1Cl. The fourth-order valence-corrected chi connectivity index (χ4v) is 2.99. The van der Waals surface area contributed by atoms with Crippen LogP contribution in [0.5, 0.6) is 0 Å². The summed E-state index contributed by atoms with van der Waals surface area (Å²) in [6.45, 7) is 4.43. The fraction of sp³-hybridized carbons (Fsp3) is 0.533. The number of aliphatic hydroxyl groups is 1. The largest absolute Gasteiger partial charge is 0.389 e. The number of nitrogens with two attached hydrogens (primary N) is 1. The highest BCUT2D eigenvalue weighted by molar-refractivity contribution is 6.33. The molecule has 0 bridgehead atoms. The van der Waals surface area contributed by atoms with Gasteiger partial charge in [0.1, 0.15) is 0 Å². The third-order valence-corrected chi connectivity index (χ3v) is 4.35. The van der Waals surface area contributed by atoms with Gasteiger partial charge in [0.25, 0.3) is 0 Å². The van der Waals surface area contributed by atoms with E-state index in [4.69, 9.17) is 17.3 Å². The number of piperidine rings is 1. The molecule has 3 N–H and O–H groups in total. The summed E-state index contributed by atoms with van der Waals surface area (Å²) in [6.07, 6.45) is 1.21. The van der Waals surface area contributed by atoms with Gasteiger partial charge in [-0.15, -0.1) is 0 Å². The van der Waals surface area contributed by atoms with Gasteiger partial charge in [0.2, 0.25) is 5.91 Å². The Morgan fingerprint density at radius 1 is 1.50 bits per heavy atom. The highest BCUT2D eigenvalue weighted by atomic mass is 35.5. The highest BCUT2D eigenvalue weighted by Gasteiger charge is 2.29. The van der Waals surface area contributed by atoms with Gasteiger partial charge >= 0.3 is 0 Å². The maximum absolute atomic E-state index is 11.4. The Hall–Kier alpha value is -1.26. The topological polar surface area (TPSA) is 66.6 Å². The van der Waals surface area contributed by atoms with E-state index < -0.39 is 6.10 Å². The number of hydrogen-bond donors (Lipinski definition) is 2. The van der Waals surface area contributed by atoms with Crippen molar-refractivity contribution in [1.82, 2.24) is 0 Å². The lowest BCUT2D eigenvalue weighted by Gasteiger charge is -2.39. The quantitative estimate of drug-likeness (QED) is 0.900. The molecule has 0 saturated carbocycles. The van der Waals surface area contributed by atoms with Crippen LogP contribution in [0, 0.1) is 5.92 Å². The number of rotatable bonds is 3. The van der Waals surface area contributed by atoms with Crippen molar-refractivity contribution in [2.45, 2.75) is 38.8 Å². The van der Waals surface area contributed by atoms with E-state index in [1.54, 1.807) is 13.0 Å². The Balaban J connectivity index is 2.27. The van der Waals surface area contributed by atoms with Gasteiger partial charge in [-0.3, -0.25) is 4.79 Å². The van der Waals surface area contributed by atoms with Crippen LogP contribution in [0.3, 0.4) is 0 Å². The zero-order chi connectivity index (χ0) is 14.9. The molecule has 20 heavy (non-hydrogen) atoms. The normalized spacial score (nSPS) is 24.5. The first-order valence-corrected chi connectivity index (χ1v) is 7.31. The molecule has 1 heterocycles. The van der Waals surface area contributed by atoms with Gasteiger partial charge in [0.15, 0.2) is 0 Å². The third-order valence-electron chi connectivity index (χ3n) is 4.05. The molecule has 1 aromatic rings. The number of halogens is 1. The van der Waals surface area contributed by atoms with Gasteiger partial charge in [-0.2, -0.15) is 0 Å². The number of benzene rings is 1. The molecule has 1 aliphatic rings. The number of aliphatic hydroxyl groups excluding tert-OH is 1. The van der Waals surface area contributed by atoms with Crippen molar-refractivity contribution in [3.63, 3.8) is 0 Å². The molecule has 1 aliphatic heterocycles. The predicted molar refractivity (Wildman–Crippen MR) is 80.8 cm³/mol. The number of nitrogens with zero attached hydrogens (tertiary/aromatic N) is 1. The summed E-state index contributed by atoms with van der Waals surface area (Å²) < 4.78 is 0. The molecule has 110 valence electrons. The van der Waals surface area contributed by atoms with Crippen LogP contribution in [0.1, 0.15) is 38.4 Å².